The number of anilines is 2. The first-order chi connectivity index (χ1) is 16.6. The summed E-state index contributed by atoms with van der Waals surface area (Å²) in [6, 6.07) is 19.5. The number of hydrogen-bond donors (Lipinski definition) is 1. The molecule has 0 fully saturated rings. The number of hydrogen-bond acceptors (Lipinski definition) is 8. The lowest BCUT2D eigenvalue weighted by atomic mass is 10.2. The van der Waals surface area contributed by atoms with Gasteiger partial charge in [-0.15, -0.1) is 5.10 Å². The third kappa shape index (κ3) is 4.40. The van der Waals surface area contributed by atoms with Crippen LogP contribution in [0, 0.1) is 6.92 Å². The van der Waals surface area contributed by atoms with Crippen molar-refractivity contribution in [3.8, 4) is 22.9 Å². The highest BCUT2D eigenvalue weighted by molar-refractivity contribution is 5.91. The third-order valence-electron chi connectivity index (χ3n) is 5.00. The van der Waals surface area contributed by atoms with Crippen LogP contribution in [0.3, 0.4) is 0 Å². The van der Waals surface area contributed by atoms with Gasteiger partial charge in [-0.1, -0.05) is 6.07 Å². The molecular formula is C25H20N6O3. The fraction of sp³-hybridized carbons (Fsp3) is 0.0800. The maximum absolute atomic E-state index is 12.4. The first kappa shape index (κ1) is 21.1. The lowest BCUT2D eigenvalue weighted by molar-refractivity contribution is 0.0734. The molecule has 0 aliphatic heterocycles. The monoisotopic (exact) mass is 452 g/mol. The lowest BCUT2D eigenvalue weighted by Crippen LogP contribution is -2.08. The zero-order valence-corrected chi connectivity index (χ0v) is 18.5. The Labute approximate surface area is 195 Å². The van der Waals surface area contributed by atoms with E-state index in [9.17, 15) is 4.79 Å². The van der Waals surface area contributed by atoms with Crippen LogP contribution in [-0.2, 0) is 0 Å². The molecule has 0 amide bonds. The van der Waals surface area contributed by atoms with Crippen molar-refractivity contribution in [1.29, 1.82) is 0 Å². The number of carbonyl (C=O) groups excluding carboxylic acids is 1. The second kappa shape index (κ2) is 8.99. The van der Waals surface area contributed by atoms with Crippen LogP contribution in [0.1, 0.15) is 16.1 Å². The van der Waals surface area contributed by atoms with Gasteiger partial charge in [0.1, 0.15) is 17.3 Å². The molecule has 0 atom stereocenters. The van der Waals surface area contributed by atoms with Crippen molar-refractivity contribution in [3.05, 3.63) is 90.4 Å². The Bertz CT molecular complexity index is 1470. The molecule has 0 aliphatic carbocycles. The van der Waals surface area contributed by atoms with E-state index in [2.05, 4.69) is 25.4 Å². The summed E-state index contributed by atoms with van der Waals surface area (Å²) in [4.78, 5) is 25.6. The molecule has 2 aromatic carbocycles. The van der Waals surface area contributed by atoms with Crippen LogP contribution < -0.4 is 14.8 Å². The van der Waals surface area contributed by atoms with Gasteiger partial charge in [-0.25, -0.2) is 9.78 Å². The Morgan fingerprint density at radius 1 is 0.971 bits per heavy atom. The van der Waals surface area contributed by atoms with Gasteiger partial charge in [0.15, 0.2) is 5.82 Å². The summed E-state index contributed by atoms with van der Waals surface area (Å²) >= 11 is 0. The van der Waals surface area contributed by atoms with E-state index in [4.69, 9.17) is 9.47 Å². The molecule has 0 bridgehead atoms. The summed E-state index contributed by atoms with van der Waals surface area (Å²) in [5.74, 6) is 2.27. The van der Waals surface area contributed by atoms with Crippen molar-refractivity contribution in [2.75, 3.05) is 12.4 Å². The molecule has 0 radical (unpaired) electrons. The standard InChI is InChI=1S/C25H20N6O3/c1-16-13-22(31-25(27-16)29-23(30-31)18-6-4-12-26-15-18)28-19-8-10-20(11-9-19)34-24(32)17-5-3-7-21(14-17)33-2/h3-15,28H,1-2H3. The van der Waals surface area contributed by atoms with Crippen molar-refractivity contribution in [2.24, 2.45) is 0 Å². The normalized spacial score (nSPS) is 10.8. The molecule has 0 aliphatic rings. The van der Waals surface area contributed by atoms with E-state index in [0.717, 1.165) is 16.9 Å². The average Bonchev–Trinajstić information content (AvgIpc) is 3.30. The van der Waals surface area contributed by atoms with E-state index in [1.807, 2.05) is 37.3 Å². The number of methoxy groups -OCH3 is 1. The summed E-state index contributed by atoms with van der Waals surface area (Å²) in [7, 11) is 1.55. The maximum Gasteiger partial charge on any atom is 0.343 e. The minimum atomic E-state index is -0.461. The van der Waals surface area contributed by atoms with Gasteiger partial charge in [-0.2, -0.15) is 9.50 Å². The first-order valence-corrected chi connectivity index (χ1v) is 10.5. The number of nitrogens with one attached hydrogen (secondary N) is 1. The van der Waals surface area contributed by atoms with Crippen LogP contribution in [0.4, 0.5) is 11.5 Å². The topological polar surface area (TPSA) is 104 Å². The minimum absolute atomic E-state index is 0.409. The summed E-state index contributed by atoms with van der Waals surface area (Å²) in [5, 5.41) is 7.91. The van der Waals surface area contributed by atoms with Gasteiger partial charge in [0, 0.05) is 35.4 Å². The van der Waals surface area contributed by atoms with Crippen molar-refractivity contribution in [1.82, 2.24) is 24.6 Å². The Morgan fingerprint density at radius 2 is 1.82 bits per heavy atom. The van der Waals surface area contributed by atoms with Gasteiger partial charge >= 0.3 is 5.97 Å². The van der Waals surface area contributed by atoms with Crippen LogP contribution in [0.25, 0.3) is 17.2 Å². The number of aromatic nitrogens is 5. The van der Waals surface area contributed by atoms with Crippen molar-refractivity contribution < 1.29 is 14.3 Å². The van der Waals surface area contributed by atoms with Crippen LogP contribution in [0.5, 0.6) is 11.5 Å². The number of aryl methyl sites for hydroxylation is 1. The first-order valence-electron chi connectivity index (χ1n) is 10.5. The molecule has 0 spiro atoms. The summed E-state index contributed by atoms with van der Waals surface area (Å²) in [5.41, 5.74) is 2.79. The highest BCUT2D eigenvalue weighted by atomic mass is 16.5. The number of rotatable bonds is 6. The molecule has 0 saturated heterocycles. The quantitative estimate of drug-likeness (QED) is 0.297. The predicted octanol–water partition coefficient (Wildman–Crippen LogP) is 4.47. The molecular weight excluding hydrogens is 432 g/mol. The molecule has 9 nitrogen and oxygen atoms in total. The fourth-order valence-corrected chi connectivity index (χ4v) is 3.36. The summed E-state index contributed by atoms with van der Waals surface area (Å²) in [6.45, 7) is 1.89. The van der Waals surface area contributed by atoms with Crippen molar-refractivity contribution in [2.45, 2.75) is 6.92 Å². The number of benzene rings is 2. The largest absolute Gasteiger partial charge is 0.497 e. The van der Waals surface area contributed by atoms with E-state index in [1.165, 1.54) is 0 Å². The third-order valence-corrected chi connectivity index (χ3v) is 5.00. The molecule has 34 heavy (non-hydrogen) atoms. The van der Waals surface area contributed by atoms with E-state index < -0.39 is 5.97 Å². The van der Waals surface area contributed by atoms with E-state index >= 15 is 0 Å². The number of fused-ring (bicyclic) bond motifs is 1. The Balaban J connectivity index is 1.36. The Morgan fingerprint density at radius 3 is 2.59 bits per heavy atom. The van der Waals surface area contributed by atoms with Crippen LogP contribution >= 0.6 is 0 Å². The molecule has 9 heteroatoms. The molecule has 168 valence electrons. The van der Waals surface area contributed by atoms with Gasteiger partial charge < -0.3 is 14.8 Å². The SMILES string of the molecule is COc1cccc(C(=O)Oc2ccc(Nc3cc(C)nc4nc(-c5cccnc5)nn34)cc2)c1. The number of ether oxygens (including phenoxy) is 2. The van der Waals surface area contributed by atoms with Gasteiger partial charge in [0.25, 0.3) is 5.78 Å². The number of carbonyl (C=O) groups is 1. The summed E-state index contributed by atoms with van der Waals surface area (Å²) in [6.07, 6.45) is 3.41. The average molecular weight is 452 g/mol. The lowest BCUT2D eigenvalue weighted by Gasteiger charge is -2.10. The van der Waals surface area contributed by atoms with Gasteiger partial charge in [-0.3, -0.25) is 4.98 Å². The molecule has 0 saturated carbocycles. The molecule has 1 N–H and O–H groups in total. The molecule has 5 rings (SSSR count). The highest BCUT2D eigenvalue weighted by Crippen LogP contribution is 2.23. The molecule has 0 unspecified atom stereocenters. The fourth-order valence-electron chi connectivity index (χ4n) is 3.36. The van der Waals surface area contributed by atoms with Crippen LogP contribution in [0.15, 0.2) is 79.1 Å². The number of pyridine rings is 1. The molecule has 5 aromatic rings. The number of nitrogens with zero attached hydrogens (tertiary/aromatic N) is 5. The van der Waals surface area contributed by atoms with Crippen molar-refractivity contribution >= 4 is 23.3 Å². The van der Waals surface area contributed by atoms with E-state index in [-0.39, 0.29) is 0 Å². The molecule has 3 heterocycles. The van der Waals surface area contributed by atoms with Crippen molar-refractivity contribution in [3.63, 3.8) is 0 Å². The van der Waals surface area contributed by atoms with Crippen LogP contribution in [-0.4, -0.2) is 37.6 Å². The van der Waals surface area contributed by atoms with Gasteiger partial charge in [0.05, 0.1) is 12.7 Å². The smallest absolute Gasteiger partial charge is 0.343 e. The highest BCUT2D eigenvalue weighted by Gasteiger charge is 2.13. The second-order valence-corrected chi connectivity index (χ2v) is 7.44. The zero-order valence-electron chi connectivity index (χ0n) is 18.5. The van der Waals surface area contributed by atoms with E-state index in [1.54, 1.807) is 60.4 Å². The van der Waals surface area contributed by atoms with Crippen LogP contribution in [0.2, 0.25) is 0 Å². The Kier molecular flexibility index (Phi) is 5.57. The summed E-state index contributed by atoms with van der Waals surface area (Å²) < 4.78 is 12.3. The maximum atomic E-state index is 12.4. The van der Waals surface area contributed by atoms with Gasteiger partial charge in [-0.05, 0) is 61.5 Å². The predicted molar refractivity (Wildman–Crippen MR) is 126 cm³/mol. The molecule has 3 aromatic heterocycles. The number of esters is 1. The second-order valence-electron chi connectivity index (χ2n) is 7.44. The zero-order chi connectivity index (χ0) is 23.5. The van der Waals surface area contributed by atoms with E-state index in [0.29, 0.717) is 34.5 Å². The minimum Gasteiger partial charge on any atom is -0.497 e. The van der Waals surface area contributed by atoms with Gasteiger partial charge in [0.2, 0.25) is 0 Å². The Hall–Kier alpha value is -4.79.